The normalized spacial score (nSPS) is 11.9. The molecule has 0 aliphatic carbocycles. The first-order chi connectivity index (χ1) is 11.2. The van der Waals surface area contributed by atoms with Crippen LogP contribution in [0.3, 0.4) is 0 Å². The molecule has 1 atom stereocenters. The first-order valence-electron chi connectivity index (χ1n) is 7.66. The molecule has 0 aliphatic rings. The Labute approximate surface area is 135 Å². The van der Waals surface area contributed by atoms with Gasteiger partial charge in [0, 0.05) is 11.6 Å². The van der Waals surface area contributed by atoms with Gasteiger partial charge in [-0.05, 0) is 24.6 Å². The zero-order valence-electron chi connectivity index (χ0n) is 13.0. The van der Waals surface area contributed by atoms with E-state index in [1.165, 1.54) is 0 Å². The SMILES string of the molecule is CC(NC(=O)CNc1cccc2cccnc12)c1ccccc1. The summed E-state index contributed by atoms with van der Waals surface area (Å²) in [6.07, 6.45) is 1.76. The third-order valence-electron chi connectivity index (χ3n) is 3.75. The molecule has 2 aromatic carbocycles. The standard InChI is InChI=1S/C19H19N3O/c1-14(15-7-3-2-4-8-15)22-18(23)13-21-17-11-5-9-16-10-6-12-20-19(16)17/h2-12,14,21H,13H2,1H3,(H,22,23). The number of carbonyl (C=O) groups excluding carboxylic acids is 1. The molecule has 4 nitrogen and oxygen atoms in total. The van der Waals surface area contributed by atoms with Crippen LogP contribution in [0.25, 0.3) is 10.9 Å². The van der Waals surface area contributed by atoms with Crippen molar-refractivity contribution in [3.05, 3.63) is 72.4 Å². The van der Waals surface area contributed by atoms with Gasteiger partial charge in [0.05, 0.1) is 23.8 Å². The fraction of sp³-hybridized carbons (Fsp3) is 0.158. The molecule has 116 valence electrons. The number of nitrogens with one attached hydrogen (secondary N) is 2. The van der Waals surface area contributed by atoms with E-state index in [1.807, 2.05) is 67.6 Å². The van der Waals surface area contributed by atoms with Crippen LogP contribution >= 0.6 is 0 Å². The molecule has 3 rings (SSSR count). The number of amides is 1. The van der Waals surface area contributed by atoms with Crippen LogP contribution in [0, 0.1) is 0 Å². The maximum Gasteiger partial charge on any atom is 0.239 e. The highest BCUT2D eigenvalue weighted by molar-refractivity contribution is 5.92. The van der Waals surface area contributed by atoms with Crippen molar-refractivity contribution in [1.29, 1.82) is 0 Å². The number of para-hydroxylation sites is 1. The van der Waals surface area contributed by atoms with Gasteiger partial charge in [0.15, 0.2) is 0 Å². The minimum absolute atomic E-state index is 0.0175. The summed E-state index contributed by atoms with van der Waals surface area (Å²) in [4.78, 5) is 16.5. The number of benzene rings is 2. The van der Waals surface area contributed by atoms with Crippen LogP contribution in [0.5, 0.6) is 0 Å². The molecular weight excluding hydrogens is 286 g/mol. The van der Waals surface area contributed by atoms with E-state index in [1.54, 1.807) is 6.20 Å². The van der Waals surface area contributed by atoms with E-state index in [4.69, 9.17) is 0 Å². The molecule has 1 heterocycles. The van der Waals surface area contributed by atoms with E-state index in [9.17, 15) is 4.79 Å². The van der Waals surface area contributed by atoms with Gasteiger partial charge in [0.1, 0.15) is 0 Å². The summed E-state index contributed by atoms with van der Waals surface area (Å²) < 4.78 is 0. The van der Waals surface area contributed by atoms with Gasteiger partial charge in [0.25, 0.3) is 0 Å². The number of pyridine rings is 1. The third-order valence-corrected chi connectivity index (χ3v) is 3.75. The monoisotopic (exact) mass is 305 g/mol. The topological polar surface area (TPSA) is 54.0 Å². The van der Waals surface area contributed by atoms with Crippen LogP contribution < -0.4 is 10.6 Å². The van der Waals surface area contributed by atoms with Crippen molar-refractivity contribution >= 4 is 22.5 Å². The Morgan fingerprint density at radius 3 is 2.65 bits per heavy atom. The molecule has 0 radical (unpaired) electrons. The van der Waals surface area contributed by atoms with Gasteiger partial charge in [-0.2, -0.15) is 0 Å². The molecule has 1 amide bonds. The van der Waals surface area contributed by atoms with Crippen molar-refractivity contribution in [3.63, 3.8) is 0 Å². The Hall–Kier alpha value is -2.88. The lowest BCUT2D eigenvalue weighted by atomic mass is 10.1. The molecule has 0 saturated heterocycles. The van der Waals surface area contributed by atoms with E-state index in [0.717, 1.165) is 22.2 Å². The predicted molar refractivity (Wildman–Crippen MR) is 93.2 cm³/mol. The first-order valence-corrected chi connectivity index (χ1v) is 7.66. The summed E-state index contributed by atoms with van der Waals surface area (Å²) in [5, 5.41) is 7.21. The average Bonchev–Trinajstić information content (AvgIpc) is 2.60. The minimum Gasteiger partial charge on any atom is -0.374 e. The number of carbonyl (C=O) groups is 1. The molecular formula is C19H19N3O. The second kappa shape index (κ2) is 6.92. The molecule has 2 N–H and O–H groups in total. The van der Waals surface area contributed by atoms with E-state index >= 15 is 0 Å². The maximum atomic E-state index is 12.1. The van der Waals surface area contributed by atoms with Crippen molar-refractivity contribution in [2.24, 2.45) is 0 Å². The molecule has 4 heteroatoms. The van der Waals surface area contributed by atoms with Crippen LogP contribution in [0.15, 0.2) is 66.9 Å². The average molecular weight is 305 g/mol. The van der Waals surface area contributed by atoms with Crippen LogP contribution in [0.4, 0.5) is 5.69 Å². The summed E-state index contributed by atoms with van der Waals surface area (Å²) in [5.74, 6) is -0.0470. The number of fused-ring (bicyclic) bond motifs is 1. The Morgan fingerprint density at radius 2 is 1.83 bits per heavy atom. The maximum absolute atomic E-state index is 12.1. The summed E-state index contributed by atoms with van der Waals surface area (Å²) in [6, 6.07) is 19.7. The Bertz CT molecular complexity index is 797. The van der Waals surface area contributed by atoms with E-state index in [0.29, 0.717) is 0 Å². The van der Waals surface area contributed by atoms with Crippen molar-refractivity contribution in [3.8, 4) is 0 Å². The van der Waals surface area contributed by atoms with E-state index < -0.39 is 0 Å². The zero-order chi connectivity index (χ0) is 16.1. The molecule has 1 aromatic heterocycles. The van der Waals surface area contributed by atoms with Gasteiger partial charge >= 0.3 is 0 Å². The predicted octanol–water partition coefficient (Wildman–Crippen LogP) is 3.52. The van der Waals surface area contributed by atoms with Crippen molar-refractivity contribution in [1.82, 2.24) is 10.3 Å². The largest absolute Gasteiger partial charge is 0.374 e. The quantitative estimate of drug-likeness (QED) is 0.758. The lowest BCUT2D eigenvalue weighted by molar-refractivity contribution is -0.120. The summed E-state index contributed by atoms with van der Waals surface area (Å²) in [7, 11) is 0. The van der Waals surface area contributed by atoms with Gasteiger partial charge in [-0.3, -0.25) is 9.78 Å². The van der Waals surface area contributed by atoms with Crippen molar-refractivity contribution in [2.45, 2.75) is 13.0 Å². The second-order valence-corrected chi connectivity index (χ2v) is 5.43. The number of anilines is 1. The molecule has 3 aromatic rings. The summed E-state index contributed by atoms with van der Waals surface area (Å²) in [5.41, 5.74) is 2.83. The summed E-state index contributed by atoms with van der Waals surface area (Å²) in [6.45, 7) is 2.19. The Morgan fingerprint density at radius 1 is 1.04 bits per heavy atom. The van der Waals surface area contributed by atoms with Gasteiger partial charge in [-0.25, -0.2) is 0 Å². The highest BCUT2D eigenvalue weighted by Crippen LogP contribution is 2.20. The van der Waals surface area contributed by atoms with Crippen molar-refractivity contribution in [2.75, 3.05) is 11.9 Å². The molecule has 0 spiro atoms. The van der Waals surface area contributed by atoms with Crippen LogP contribution in [0.1, 0.15) is 18.5 Å². The Kier molecular flexibility index (Phi) is 4.52. The molecule has 0 aliphatic heterocycles. The minimum atomic E-state index is -0.0470. The number of hydrogen-bond acceptors (Lipinski definition) is 3. The van der Waals surface area contributed by atoms with Gasteiger partial charge in [-0.15, -0.1) is 0 Å². The molecule has 23 heavy (non-hydrogen) atoms. The third kappa shape index (κ3) is 3.66. The number of aromatic nitrogens is 1. The Balaban J connectivity index is 1.62. The lowest BCUT2D eigenvalue weighted by Crippen LogP contribution is -2.32. The highest BCUT2D eigenvalue weighted by atomic mass is 16.1. The van der Waals surface area contributed by atoms with Crippen LogP contribution in [-0.2, 0) is 4.79 Å². The van der Waals surface area contributed by atoms with Crippen LogP contribution in [-0.4, -0.2) is 17.4 Å². The molecule has 0 fully saturated rings. The van der Waals surface area contributed by atoms with Gasteiger partial charge in [-0.1, -0.05) is 48.5 Å². The van der Waals surface area contributed by atoms with Gasteiger partial charge in [0.2, 0.25) is 5.91 Å². The fourth-order valence-electron chi connectivity index (χ4n) is 2.54. The fourth-order valence-corrected chi connectivity index (χ4v) is 2.54. The highest BCUT2D eigenvalue weighted by Gasteiger charge is 2.09. The number of rotatable bonds is 5. The zero-order valence-corrected chi connectivity index (χ0v) is 13.0. The molecule has 0 saturated carbocycles. The molecule has 1 unspecified atom stereocenters. The smallest absolute Gasteiger partial charge is 0.239 e. The van der Waals surface area contributed by atoms with Crippen molar-refractivity contribution < 1.29 is 4.79 Å². The number of nitrogens with zero attached hydrogens (tertiary/aromatic N) is 1. The first kappa shape index (κ1) is 15.0. The second-order valence-electron chi connectivity index (χ2n) is 5.43. The van der Waals surface area contributed by atoms with E-state index in [-0.39, 0.29) is 18.5 Å². The lowest BCUT2D eigenvalue weighted by Gasteiger charge is -2.15. The summed E-state index contributed by atoms with van der Waals surface area (Å²) >= 11 is 0. The molecule has 0 bridgehead atoms. The van der Waals surface area contributed by atoms with Crippen LogP contribution in [0.2, 0.25) is 0 Å². The number of hydrogen-bond donors (Lipinski definition) is 2. The van der Waals surface area contributed by atoms with E-state index in [2.05, 4.69) is 15.6 Å². The van der Waals surface area contributed by atoms with Gasteiger partial charge < -0.3 is 10.6 Å².